The van der Waals surface area contributed by atoms with Gasteiger partial charge in [0.2, 0.25) is 0 Å². The highest BCUT2D eigenvalue weighted by atomic mass is 127. The number of methoxy groups -OCH3 is 1. The van der Waals surface area contributed by atoms with Crippen molar-refractivity contribution in [3.63, 3.8) is 0 Å². The van der Waals surface area contributed by atoms with Crippen molar-refractivity contribution in [1.82, 2.24) is 0 Å². The summed E-state index contributed by atoms with van der Waals surface area (Å²) in [6.45, 7) is 1.80. The molecule has 0 spiro atoms. The van der Waals surface area contributed by atoms with Gasteiger partial charge in [-0.05, 0) is 47.2 Å². The monoisotopic (exact) mass is 291 g/mol. The normalized spacial score (nSPS) is 9.77. The first-order valence-electron chi connectivity index (χ1n) is 3.61. The molecular weight excluding hydrogens is 283 g/mol. The Kier molecular flexibility index (Phi) is 3.13. The Balaban J connectivity index is 3.38. The van der Waals surface area contributed by atoms with Crippen molar-refractivity contribution in [2.45, 2.75) is 6.92 Å². The number of hydrogen-bond acceptors (Lipinski definition) is 3. The van der Waals surface area contributed by atoms with E-state index in [9.17, 15) is 9.90 Å². The highest BCUT2D eigenvalue weighted by Gasteiger charge is 2.08. The molecule has 0 bridgehead atoms. The van der Waals surface area contributed by atoms with Crippen molar-refractivity contribution >= 4 is 28.6 Å². The van der Waals surface area contributed by atoms with Crippen LogP contribution >= 0.6 is 22.6 Å². The minimum Gasteiger partial charge on any atom is -0.545 e. The van der Waals surface area contributed by atoms with Crippen molar-refractivity contribution in [3.05, 3.63) is 26.8 Å². The summed E-state index contributed by atoms with van der Waals surface area (Å²) in [5.41, 5.74) is 0.903. The minimum absolute atomic E-state index is 0.104. The zero-order valence-electron chi connectivity index (χ0n) is 7.26. The van der Waals surface area contributed by atoms with Crippen molar-refractivity contribution in [2.24, 2.45) is 0 Å². The zero-order chi connectivity index (χ0) is 10.0. The van der Waals surface area contributed by atoms with Gasteiger partial charge in [0.05, 0.1) is 13.1 Å². The predicted octanol–water partition coefficient (Wildman–Crippen LogP) is 0.972. The summed E-state index contributed by atoms with van der Waals surface area (Å²) in [5, 5.41) is 10.7. The predicted molar refractivity (Wildman–Crippen MR) is 54.8 cm³/mol. The quantitative estimate of drug-likeness (QED) is 0.763. The molecule has 0 aliphatic rings. The first kappa shape index (κ1) is 10.3. The van der Waals surface area contributed by atoms with E-state index in [2.05, 4.69) is 22.6 Å². The molecule has 0 atom stereocenters. The molecule has 0 N–H and O–H groups in total. The molecule has 0 heterocycles. The summed E-state index contributed by atoms with van der Waals surface area (Å²) in [4.78, 5) is 10.7. The van der Waals surface area contributed by atoms with E-state index >= 15 is 0 Å². The van der Waals surface area contributed by atoms with E-state index in [1.54, 1.807) is 6.92 Å². The molecular formula is C9H8IO3-. The van der Waals surface area contributed by atoms with Crippen LogP contribution < -0.4 is 9.84 Å². The molecule has 1 aromatic rings. The Morgan fingerprint density at radius 2 is 2.15 bits per heavy atom. The van der Waals surface area contributed by atoms with Crippen LogP contribution in [0.1, 0.15) is 15.9 Å². The molecule has 70 valence electrons. The second kappa shape index (κ2) is 3.95. The number of ether oxygens (including phenoxy) is 1. The van der Waals surface area contributed by atoms with Gasteiger partial charge in [0, 0.05) is 9.13 Å². The van der Waals surface area contributed by atoms with Crippen LogP contribution in [-0.2, 0) is 0 Å². The third-order valence-corrected chi connectivity index (χ3v) is 2.29. The molecule has 0 saturated heterocycles. The molecule has 1 aromatic carbocycles. The van der Waals surface area contributed by atoms with Crippen molar-refractivity contribution in [2.75, 3.05) is 7.11 Å². The third kappa shape index (κ3) is 2.12. The Labute approximate surface area is 89.9 Å². The Bertz CT molecular complexity index is 347. The standard InChI is InChI=1S/C9H9IO3/c1-5-3-6(10)4-7(9(11)12)8(5)13-2/h3-4H,1-2H3,(H,11,12)/p-1. The lowest BCUT2D eigenvalue weighted by Gasteiger charge is -2.12. The van der Waals surface area contributed by atoms with Crippen molar-refractivity contribution in [1.29, 1.82) is 0 Å². The molecule has 0 fully saturated rings. The van der Waals surface area contributed by atoms with Gasteiger partial charge in [-0.1, -0.05) is 0 Å². The van der Waals surface area contributed by atoms with E-state index in [1.807, 2.05) is 6.07 Å². The number of carboxylic acid groups (broad SMARTS) is 1. The summed E-state index contributed by atoms with van der Waals surface area (Å²) in [6.07, 6.45) is 0. The maximum absolute atomic E-state index is 10.7. The second-order valence-electron chi connectivity index (χ2n) is 2.59. The summed E-state index contributed by atoms with van der Waals surface area (Å²) in [6, 6.07) is 3.38. The van der Waals surface area contributed by atoms with Gasteiger partial charge < -0.3 is 14.6 Å². The Morgan fingerprint density at radius 3 is 2.62 bits per heavy atom. The van der Waals surface area contributed by atoms with Gasteiger partial charge in [-0.25, -0.2) is 0 Å². The SMILES string of the molecule is COc1c(C)cc(I)cc1C(=O)[O-]. The van der Waals surface area contributed by atoms with E-state index < -0.39 is 5.97 Å². The molecule has 0 amide bonds. The highest BCUT2D eigenvalue weighted by Crippen LogP contribution is 2.25. The molecule has 0 radical (unpaired) electrons. The minimum atomic E-state index is -1.21. The number of carboxylic acids is 1. The molecule has 3 nitrogen and oxygen atoms in total. The van der Waals surface area contributed by atoms with E-state index in [-0.39, 0.29) is 5.56 Å². The van der Waals surface area contributed by atoms with E-state index in [0.717, 1.165) is 9.13 Å². The summed E-state index contributed by atoms with van der Waals surface area (Å²) < 4.78 is 5.82. The van der Waals surface area contributed by atoms with Crippen LogP contribution in [0.2, 0.25) is 0 Å². The van der Waals surface area contributed by atoms with Crippen LogP contribution in [0.15, 0.2) is 12.1 Å². The van der Waals surface area contributed by atoms with Crippen LogP contribution in [0.4, 0.5) is 0 Å². The van der Waals surface area contributed by atoms with Crippen LogP contribution in [-0.4, -0.2) is 13.1 Å². The van der Waals surface area contributed by atoms with Crippen LogP contribution in [0.25, 0.3) is 0 Å². The Morgan fingerprint density at radius 1 is 1.54 bits per heavy atom. The molecule has 0 aliphatic heterocycles. The molecule has 13 heavy (non-hydrogen) atoms. The average molecular weight is 291 g/mol. The molecule has 4 heteroatoms. The molecule has 0 aliphatic carbocycles. The molecule has 0 saturated carbocycles. The number of carbonyl (C=O) groups excluding carboxylic acids is 1. The van der Waals surface area contributed by atoms with Crippen LogP contribution in [0, 0.1) is 10.5 Å². The Hall–Kier alpha value is -0.780. The fourth-order valence-corrected chi connectivity index (χ4v) is 1.93. The topological polar surface area (TPSA) is 49.4 Å². The average Bonchev–Trinajstić information content (AvgIpc) is 2.02. The largest absolute Gasteiger partial charge is 0.545 e. The number of halogens is 1. The molecule has 1 rings (SSSR count). The fourth-order valence-electron chi connectivity index (χ4n) is 1.15. The first-order valence-corrected chi connectivity index (χ1v) is 4.69. The zero-order valence-corrected chi connectivity index (χ0v) is 9.41. The molecule has 0 unspecified atom stereocenters. The van der Waals surface area contributed by atoms with Gasteiger partial charge >= 0.3 is 0 Å². The number of hydrogen-bond donors (Lipinski definition) is 0. The van der Waals surface area contributed by atoms with Gasteiger partial charge in [-0.3, -0.25) is 0 Å². The summed E-state index contributed by atoms with van der Waals surface area (Å²) in [5.74, 6) is -0.834. The van der Waals surface area contributed by atoms with Crippen molar-refractivity contribution < 1.29 is 14.6 Å². The van der Waals surface area contributed by atoms with Crippen LogP contribution in [0.5, 0.6) is 5.75 Å². The number of aryl methyl sites for hydroxylation is 1. The second-order valence-corrected chi connectivity index (χ2v) is 3.84. The first-order chi connectivity index (χ1) is 6.06. The van der Waals surface area contributed by atoms with E-state index in [4.69, 9.17) is 4.74 Å². The van der Waals surface area contributed by atoms with Gasteiger partial charge in [-0.15, -0.1) is 0 Å². The lowest BCUT2D eigenvalue weighted by atomic mass is 10.1. The fraction of sp³-hybridized carbons (Fsp3) is 0.222. The van der Waals surface area contributed by atoms with Gasteiger partial charge in [0.15, 0.2) is 0 Å². The van der Waals surface area contributed by atoms with Gasteiger partial charge in [0.25, 0.3) is 0 Å². The number of aromatic carboxylic acids is 1. The van der Waals surface area contributed by atoms with E-state index in [0.29, 0.717) is 5.75 Å². The lowest BCUT2D eigenvalue weighted by Crippen LogP contribution is -2.23. The maximum Gasteiger partial charge on any atom is 0.130 e. The highest BCUT2D eigenvalue weighted by molar-refractivity contribution is 14.1. The smallest absolute Gasteiger partial charge is 0.130 e. The maximum atomic E-state index is 10.7. The number of carbonyl (C=O) groups is 1. The van der Waals surface area contributed by atoms with Gasteiger partial charge in [0.1, 0.15) is 5.75 Å². The number of rotatable bonds is 2. The molecule has 0 aromatic heterocycles. The third-order valence-electron chi connectivity index (χ3n) is 1.66. The summed E-state index contributed by atoms with van der Waals surface area (Å²) >= 11 is 2.05. The number of benzene rings is 1. The van der Waals surface area contributed by atoms with E-state index in [1.165, 1.54) is 13.2 Å². The lowest BCUT2D eigenvalue weighted by molar-refractivity contribution is -0.255. The van der Waals surface area contributed by atoms with Crippen molar-refractivity contribution in [3.8, 4) is 5.75 Å². The van der Waals surface area contributed by atoms with Gasteiger partial charge in [-0.2, -0.15) is 0 Å². The summed E-state index contributed by atoms with van der Waals surface area (Å²) in [7, 11) is 1.45. The van der Waals surface area contributed by atoms with Crippen LogP contribution in [0.3, 0.4) is 0 Å².